The average molecular weight is 335 g/mol. The number of fused-ring (bicyclic) bond motifs is 1. The molecule has 0 aromatic rings. The average Bonchev–Trinajstić information content (AvgIpc) is 3.12. The Morgan fingerprint density at radius 3 is 2.62 bits per heavy atom. The Morgan fingerprint density at radius 1 is 1.17 bits per heavy atom. The number of piperazine rings is 1. The molecular formula is C19H33N3O2. The lowest BCUT2D eigenvalue weighted by molar-refractivity contribution is -0.131. The van der Waals surface area contributed by atoms with E-state index in [-0.39, 0.29) is 17.2 Å². The summed E-state index contributed by atoms with van der Waals surface area (Å²) in [6.45, 7) is 11.3. The molecule has 2 heterocycles. The monoisotopic (exact) mass is 335 g/mol. The van der Waals surface area contributed by atoms with Gasteiger partial charge in [0.15, 0.2) is 0 Å². The van der Waals surface area contributed by atoms with E-state index in [1.807, 2.05) is 6.92 Å². The van der Waals surface area contributed by atoms with Crippen LogP contribution in [-0.4, -0.2) is 59.4 Å². The van der Waals surface area contributed by atoms with E-state index in [9.17, 15) is 9.59 Å². The first-order valence-corrected chi connectivity index (χ1v) is 9.59. The molecule has 3 fully saturated rings. The van der Waals surface area contributed by atoms with E-state index in [1.165, 1.54) is 0 Å². The van der Waals surface area contributed by atoms with E-state index < -0.39 is 0 Å². The van der Waals surface area contributed by atoms with Crippen molar-refractivity contribution < 1.29 is 9.59 Å². The fourth-order valence-corrected chi connectivity index (χ4v) is 4.36. The fraction of sp³-hybridized carbons (Fsp3) is 0.895. The van der Waals surface area contributed by atoms with Crippen molar-refractivity contribution in [3.05, 3.63) is 0 Å². The molecule has 136 valence electrons. The Hall–Kier alpha value is -1.10. The topological polar surface area (TPSA) is 52.7 Å². The Kier molecular flexibility index (Phi) is 4.92. The molecule has 1 N–H and O–H groups in total. The Morgan fingerprint density at radius 2 is 1.92 bits per heavy atom. The van der Waals surface area contributed by atoms with Gasteiger partial charge in [-0.05, 0) is 31.1 Å². The fourth-order valence-electron chi connectivity index (χ4n) is 4.36. The van der Waals surface area contributed by atoms with Crippen LogP contribution >= 0.6 is 0 Å². The minimum absolute atomic E-state index is 0.00737. The Bertz CT molecular complexity index is 499. The van der Waals surface area contributed by atoms with Gasteiger partial charge in [-0.1, -0.05) is 27.7 Å². The van der Waals surface area contributed by atoms with Gasteiger partial charge in [-0.2, -0.15) is 0 Å². The van der Waals surface area contributed by atoms with E-state index in [4.69, 9.17) is 0 Å². The van der Waals surface area contributed by atoms with Crippen molar-refractivity contribution >= 4 is 11.8 Å². The predicted molar refractivity (Wildman–Crippen MR) is 94.5 cm³/mol. The quantitative estimate of drug-likeness (QED) is 0.858. The van der Waals surface area contributed by atoms with Gasteiger partial charge in [0.1, 0.15) is 0 Å². The highest BCUT2D eigenvalue weighted by atomic mass is 16.2. The summed E-state index contributed by atoms with van der Waals surface area (Å²) in [6, 6.07) is 1.31. The lowest BCUT2D eigenvalue weighted by Crippen LogP contribution is -2.54. The molecule has 3 rings (SSSR count). The maximum atomic E-state index is 12.4. The number of carbonyl (C=O) groups is 2. The summed E-state index contributed by atoms with van der Waals surface area (Å²) in [6.07, 6.45) is 5.05. The predicted octanol–water partition coefficient (Wildman–Crippen LogP) is 2.01. The number of carbonyl (C=O) groups excluding carboxylic acids is 2. The lowest BCUT2D eigenvalue weighted by Gasteiger charge is -2.40. The third-order valence-electron chi connectivity index (χ3n) is 6.49. The standard InChI is InChI=1S/C19H33N3O2/c1-13(19(2,3)4)18(24)20-14-5-6-15(11-14)21-9-10-22-16(12-21)7-8-17(22)23/h13-16H,5-12H2,1-4H3,(H,20,24). The molecule has 0 radical (unpaired) electrons. The van der Waals surface area contributed by atoms with Gasteiger partial charge in [0.2, 0.25) is 11.8 Å². The summed E-state index contributed by atoms with van der Waals surface area (Å²) >= 11 is 0. The van der Waals surface area contributed by atoms with Crippen molar-refractivity contribution in [3.63, 3.8) is 0 Å². The maximum absolute atomic E-state index is 12.4. The van der Waals surface area contributed by atoms with Crippen LogP contribution in [0.25, 0.3) is 0 Å². The van der Waals surface area contributed by atoms with E-state index in [0.717, 1.165) is 51.7 Å². The lowest BCUT2D eigenvalue weighted by atomic mass is 9.81. The van der Waals surface area contributed by atoms with E-state index >= 15 is 0 Å². The van der Waals surface area contributed by atoms with Crippen LogP contribution in [0.5, 0.6) is 0 Å². The third kappa shape index (κ3) is 3.61. The van der Waals surface area contributed by atoms with Gasteiger partial charge in [-0.3, -0.25) is 14.5 Å². The second-order valence-corrected chi connectivity index (χ2v) is 9.03. The Labute approximate surface area is 146 Å². The van der Waals surface area contributed by atoms with Crippen molar-refractivity contribution in [2.45, 2.75) is 77.9 Å². The summed E-state index contributed by atoms with van der Waals surface area (Å²) < 4.78 is 0. The highest BCUT2D eigenvalue weighted by molar-refractivity contribution is 5.79. The van der Waals surface area contributed by atoms with Crippen LogP contribution < -0.4 is 5.32 Å². The highest BCUT2D eigenvalue weighted by Gasteiger charge is 2.39. The van der Waals surface area contributed by atoms with Crippen molar-refractivity contribution in [1.82, 2.24) is 15.1 Å². The molecule has 5 nitrogen and oxygen atoms in total. The summed E-state index contributed by atoms with van der Waals surface area (Å²) in [5.41, 5.74) is 0.00737. The second kappa shape index (κ2) is 6.66. The third-order valence-corrected chi connectivity index (χ3v) is 6.49. The van der Waals surface area contributed by atoms with Crippen molar-refractivity contribution in [2.24, 2.45) is 11.3 Å². The first kappa shape index (κ1) is 17.7. The molecule has 2 saturated heterocycles. The molecule has 1 saturated carbocycles. The van der Waals surface area contributed by atoms with Gasteiger partial charge in [0.25, 0.3) is 0 Å². The van der Waals surface area contributed by atoms with Crippen molar-refractivity contribution in [1.29, 1.82) is 0 Å². The minimum Gasteiger partial charge on any atom is -0.353 e. The smallest absolute Gasteiger partial charge is 0.223 e. The normalized spacial score (nSPS) is 32.8. The van der Waals surface area contributed by atoms with Crippen LogP contribution in [0.3, 0.4) is 0 Å². The van der Waals surface area contributed by atoms with Gasteiger partial charge in [-0.25, -0.2) is 0 Å². The van der Waals surface area contributed by atoms with Gasteiger partial charge in [0, 0.05) is 50.1 Å². The first-order chi connectivity index (χ1) is 11.3. The van der Waals surface area contributed by atoms with Crippen LogP contribution in [0.4, 0.5) is 0 Å². The SMILES string of the molecule is CC(C(=O)NC1CCC(N2CCN3C(=O)CCC3C2)C1)C(C)(C)C. The van der Waals surface area contributed by atoms with E-state index in [0.29, 0.717) is 24.0 Å². The summed E-state index contributed by atoms with van der Waals surface area (Å²) in [7, 11) is 0. The van der Waals surface area contributed by atoms with Gasteiger partial charge in [0.05, 0.1) is 0 Å². The summed E-state index contributed by atoms with van der Waals surface area (Å²) in [5, 5.41) is 3.28. The molecule has 0 aromatic carbocycles. The number of rotatable bonds is 3. The zero-order chi connectivity index (χ0) is 17.5. The first-order valence-electron chi connectivity index (χ1n) is 9.59. The van der Waals surface area contributed by atoms with E-state index in [1.54, 1.807) is 0 Å². The van der Waals surface area contributed by atoms with E-state index in [2.05, 4.69) is 35.9 Å². The highest BCUT2D eigenvalue weighted by Crippen LogP contribution is 2.31. The van der Waals surface area contributed by atoms with Gasteiger partial charge in [-0.15, -0.1) is 0 Å². The maximum Gasteiger partial charge on any atom is 0.223 e. The van der Waals surface area contributed by atoms with Gasteiger partial charge < -0.3 is 10.2 Å². The minimum atomic E-state index is 0.00737. The molecule has 0 bridgehead atoms. The molecule has 4 atom stereocenters. The van der Waals surface area contributed by atoms with Gasteiger partial charge >= 0.3 is 0 Å². The van der Waals surface area contributed by atoms with Crippen LogP contribution in [0.15, 0.2) is 0 Å². The molecule has 0 aromatic heterocycles. The molecule has 2 amide bonds. The number of hydrogen-bond acceptors (Lipinski definition) is 3. The second-order valence-electron chi connectivity index (χ2n) is 9.03. The van der Waals surface area contributed by atoms with Crippen LogP contribution in [-0.2, 0) is 9.59 Å². The largest absolute Gasteiger partial charge is 0.353 e. The van der Waals surface area contributed by atoms with Crippen LogP contribution in [0.1, 0.15) is 59.8 Å². The number of nitrogens with zero attached hydrogens (tertiary/aromatic N) is 2. The Balaban J connectivity index is 1.49. The number of nitrogens with one attached hydrogen (secondary N) is 1. The van der Waals surface area contributed by atoms with Crippen molar-refractivity contribution in [2.75, 3.05) is 19.6 Å². The van der Waals surface area contributed by atoms with Crippen LogP contribution in [0.2, 0.25) is 0 Å². The number of amides is 2. The van der Waals surface area contributed by atoms with Crippen LogP contribution in [0, 0.1) is 11.3 Å². The molecule has 2 aliphatic heterocycles. The van der Waals surface area contributed by atoms with Crippen molar-refractivity contribution in [3.8, 4) is 0 Å². The molecule has 4 unspecified atom stereocenters. The summed E-state index contributed by atoms with van der Waals surface area (Å²) in [5.74, 6) is 0.566. The zero-order valence-electron chi connectivity index (χ0n) is 15.7. The molecule has 3 aliphatic rings. The zero-order valence-corrected chi connectivity index (χ0v) is 15.7. The number of hydrogen-bond donors (Lipinski definition) is 1. The molecular weight excluding hydrogens is 302 g/mol. The molecule has 0 spiro atoms. The molecule has 24 heavy (non-hydrogen) atoms. The molecule has 5 heteroatoms. The summed E-state index contributed by atoms with van der Waals surface area (Å²) in [4.78, 5) is 28.9. The molecule has 1 aliphatic carbocycles.